The number of ether oxygens (including phenoxy) is 1. The van der Waals surface area contributed by atoms with Crippen LogP contribution in [-0.4, -0.2) is 33.9 Å². The molecule has 0 fully saturated rings. The van der Waals surface area contributed by atoms with Gasteiger partial charge in [0.05, 0.1) is 12.3 Å². The van der Waals surface area contributed by atoms with Crippen molar-refractivity contribution in [1.29, 1.82) is 0 Å². The Morgan fingerprint density at radius 2 is 2.37 bits per heavy atom. The van der Waals surface area contributed by atoms with Crippen LogP contribution in [0.5, 0.6) is 0 Å². The number of esters is 1. The Morgan fingerprint density at radius 1 is 1.58 bits per heavy atom. The maximum absolute atomic E-state index is 11.1. The molecule has 5 N–H and O–H groups in total. The third-order valence-electron chi connectivity index (χ3n) is 2.35. The van der Waals surface area contributed by atoms with Crippen LogP contribution in [0.1, 0.15) is 31.9 Å². The molecule has 0 saturated carbocycles. The minimum absolute atomic E-state index is 0.150. The number of nitrogens with two attached hydrogens (primary N) is 2. The molecule has 0 amide bonds. The Kier molecular flexibility index (Phi) is 7.01. The Balaban J connectivity index is 2.17. The predicted octanol–water partition coefficient (Wildman–Crippen LogP) is -0.698. The van der Waals surface area contributed by atoms with E-state index in [-0.39, 0.29) is 5.97 Å². The van der Waals surface area contributed by atoms with Crippen LogP contribution in [0.15, 0.2) is 6.20 Å². The Hall–Kier alpha value is -1.51. The van der Waals surface area contributed by atoms with Gasteiger partial charge in [-0.05, 0) is 6.42 Å². The van der Waals surface area contributed by atoms with Gasteiger partial charge in [0.1, 0.15) is 6.29 Å². The summed E-state index contributed by atoms with van der Waals surface area (Å²) in [7, 11) is 0. The van der Waals surface area contributed by atoms with Gasteiger partial charge in [-0.25, -0.2) is 0 Å². The van der Waals surface area contributed by atoms with Gasteiger partial charge >= 0.3 is 5.97 Å². The average Bonchev–Trinajstić information content (AvgIpc) is 2.80. The zero-order valence-electron chi connectivity index (χ0n) is 11.2. The van der Waals surface area contributed by atoms with E-state index in [2.05, 4.69) is 15.6 Å². The number of hydrogen-bond donors (Lipinski definition) is 3. The molecule has 19 heavy (non-hydrogen) atoms. The third kappa shape index (κ3) is 6.85. The van der Waals surface area contributed by atoms with Crippen LogP contribution in [0.25, 0.3) is 0 Å². The Morgan fingerprint density at radius 3 is 3.05 bits per heavy atom. The van der Waals surface area contributed by atoms with Crippen molar-refractivity contribution in [3.8, 4) is 0 Å². The highest BCUT2D eigenvalue weighted by molar-refractivity contribution is 5.69. The smallest absolute Gasteiger partial charge is 0.305 e. The van der Waals surface area contributed by atoms with E-state index in [1.807, 2.05) is 13.1 Å². The van der Waals surface area contributed by atoms with Crippen LogP contribution < -0.4 is 16.8 Å². The summed E-state index contributed by atoms with van der Waals surface area (Å²) in [5, 5.41) is 10.8. The highest BCUT2D eigenvalue weighted by Gasteiger charge is 2.03. The zero-order chi connectivity index (χ0) is 14.1. The SMILES string of the molecule is CCCC(=O)OCCCn1cc(CNC(N)N)nn1. The highest BCUT2D eigenvalue weighted by Crippen LogP contribution is 1.97. The molecule has 8 nitrogen and oxygen atoms in total. The lowest BCUT2D eigenvalue weighted by Crippen LogP contribution is -2.44. The van der Waals surface area contributed by atoms with E-state index >= 15 is 0 Å². The molecule has 0 aliphatic heterocycles. The van der Waals surface area contributed by atoms with E-state index in [0.717, 1.165) is 12.1 Å². The summed E-state index contributed by atoms with van der Waals surface area (Å²) in [5.41, 5.74) is 11.5. The highest BCUT2D eigenvalue weighted by atomic mass is 16.5. The van der Waals surface area contributed by atoms with Crippen molar-refractivity contribution in [3.05, 3.63) is 11.9 Å². The molecule has 0 aliphatic carbocycles. The van der Waals surface area contributed by atoms with Crippen LogP contribution in [0.3, 0.4) is 0 Å². The number of hydrogen-bond acceptors (Lipinski definition) is 7. The number of aromatic nitrogens is 3. The van der Waals surface area contributed by atoms with Crippen LogP contribution >= 0.6 is 0 Å². The summed E-state index contributed by atoms with van der Waals surface area (Å²) in [6.07, 6.45) is 3.23. The molecule has 0 saturated heterocycles. The lowest BCUT2D eigenvalue weighted by molar-refractivity contribution is -0.143. The van der Waals surface area contributed by atoms with Crippen molar-refractivity contribution < 1.29 is 9.53 Å². The molecule has 0 bridgehead atoms. The number of carbonyl (C=O) groups excluding carboxylic acids is 1. The van der Waals surface area contributed by atoms with Gasteiger partial charge < -0.3 is 16.2 Å². The molecule has 0 radical (unpaired) electrons. The standard InChI is InChI=1S/C11H22N6O2/c1-2-4-10(18)19-6-3-5-17-8-9(15-16-17)7-14-11(12)13/h8,11,14H,2-7,12-13H2,1H3. The van der Waals surface area contributed by atoms with Crippen molar-refractivity contribution in [1.82, 2.24) is 20.3 Å². The predicted molar refractivity (Wildman–Crippen MR) is 69.5 cm³/mol. The minimum Gasteiger partial charge on any atom is -0.466 e. The van der Waals surface area contributed by atoms with E-state index in [1.165, 1.54) is 0 Å². The first kappa shape index (κ1) is 15.5. The molecule has 1 aromatic heterocycles. The molecule has 0 unspecified atom stereocenters. The fourth-order valence-electron chi connectivity index (χ4n) is 1.44. The molecule has 108 valence electrons. The monoisotopic (exact) mass is 270 g/mol. The summed E-state index contributed by atoms with van der Waals surface area (Å²) >= 11 is 0. The van der Waals surface area contributed by atoms with Crippen LogP contribution in [0.4, 0.5) is 0 Å². The molecule has 0 spiro atoms. The molecular weight excluding hydrogens is 248 g/mol. The van der Waals surface area contributed by atoms with Crippen molar-refractivity contribution in [2.45, 2.75) is 45.6 Å². The summed E-state index contributed by atoms with van der Waals surface area (Å²) in [6, 6.07) is 0. The van der Waals surface area contributed by atoms with Crippen LogP contribution in [0, 0.1) is 0 Å². The molecule has 0 aromatic carbocycles. The number of nitrogens with zero attached hydrogens (tertiary/aromatic N) is 3. The van der Waals surface area contributed by atoms with E-state index in [9.17, 15) is 4.79 Å². The van der Waals surface area contributed by atoms with Crippen molar-refractivity contribution in [3.63, 3.8) is 0 Å². The number of nitrogens with one attached hydrogen (secondary N) is 1. The third-order valence-corrected chi connectivity index (χ3v) is 2.35. The van der Waals surface area contributed by atoms with Gasteiger partial charge in [-0.15, -0.1) is 5.10 Å². The first-order valence-electron chi connectivity index (χ1n) is 6.41. The Labute approximate surface area is 112 Å². The van der Waals surface area contributed by atoms with E-state index in [0.29, 0.717) is 32.5 Å². The number of carbonyl (C=O) groups is 1. The number of rotatable bonds is 9. The molecule has 8 heteroatoms. The maximum Gasteiger partial charge on any atom is 0.305 e. The molecule has 1 aromatic rings. The summed E-state index contributed by atoms with van der Waals surface area (Å²) in [5.74, 6) is -0.150. The first-order valence-corrected chi connectivity index (χ1v) is 6.41. The Bertz CT molecular complexity index is 379. The molecular formula is C11H22N6O2. The van der Waals surface area contributed by atoms with Crippen LogP contribution in [-0.2, 0) is 22.6 Å². The van der Waals surface area contributed by atoms with Gasteiger partial charge in [0.25, 0.3) is 0 Å². The molecule has 1 rings (SSSR count). The van der Waals surface area contributed by atoms with E-state index < -0.39 is 6.29 Å². The van der Waals surface area contributed by atoms with Gasteiger partial charge in [-0.3, -0.25) is 14.8 Å². The lowest BCUT2D eigenvalue weighted by Gasteiger charge is -2.05. The first-order chi connectivity index (χ1) is 9.11. The van der Waals surface area contributed by atoms with Gasteiger partial charge in [-0.1, -0.05) is 12.1 Å². The molecule has 0 aliphatic rings. The van der Waals surface area contributed by atoms with Gasteiger partial charge in [0.15, 0.2) is 0 Å². The summed E-state index contributed by atoms with van der Waals surface area (Å²) < 4.78 is 6.75. The maximum atomic E-state index is 11.1. The average molecular weight is 270 g/mol. The van der Waals surface area contributed by atoms with Gasteiger partial charge in [0.2, 0.25) is 0 Å². The number of aryl methyl sites for hydroxylation is 1. The normalized spacial score (nSPS) is 10.9. The van der Waals surface area contributed by atoms with Gasteiger partial charge in [0, 0.05) is 32.1 Å². The minimum atomic E-state index is -0.567. The fourth-order valence-corrected chi connectivity index (χ4v) is 1.44. The van der Waals surface area contributed by atoms with Crippen molar-refractivity contribution in [2.75, 3.05) is 6.61 Å². The quantitative estimate of drug-likeness (QED) is 0.308. The second kappa shape index (κ2) is 8.57. The molecule has 1 heterocycles. The zero-order valence-corrected chi connectivity index (χ0v) is 11.2. The van der Waals surface area contributed by atoms with E-state index in [1.54, 1.807) is 4.68 Å². The topological polar surface area (TPSA) is 121 Å². The lowest BCUT2D eigenvalue weighted by atomic mass is 10.3. The second-order valence-electron chi connectivity index (χ2n) is 4.20. The van der Waals surface area contributed by atoms with E-state index in [4.69, 9.17) is 16.2 Å². The van der Waals surface area contributed by atoms with Gasteiger partial charge in [-0.2, -0.15) is 0 Å². The second-order valence-corrected chi connectivity index (χ2v) is 4.20. The fraction of sp³-hybridized carbons (Fsp3) is 0.727. The largest absolute Gasteiger partial charge is 0.466 e. The van der Waals surface area contributed by atoms with Crippen LogP contribution in [0.2, 0.25) is 0 Å². The molecule has 0 atom stereocenters. The summed E-state index contributed by atoms with van der Waals surface area (Å²) in [6.45, 7) is 3.48. The van der Waals surface area contributed by atoms with Crippen molar-refractivity contribution >= 4 is 5.97 Å². The summed E-state index contributed by atoms with van der Waals surface area (Å²) in [4.78, 5) is 11.1. The van der Waals surface area contributed by atoms with Crippen molar-refractivity contribution in [2.24, 2.45) is 11.5 Å².